The normalized spacial score (nSPS) is 10.6. The quantitative estimate of drug-likeness (QED) is 0.434. The fourth-order valence-corrected chi connectivity index (χ4v) is 4.39. The average Bonchev–Trinajstić information content (AvgIpc) is 3.43. The van der Waals surface area contributed by atoms with Gasteiger partial charge in [0.15, 0.2) is 5.13 Å². The summed E-state index contributed by atoms with van der Waals surface area (Å²) >= 11 is 2.69. The number of fused-ring (bicyclic) bond motifs is 1. The second-order valence-electron chi connectivity index (χ2n) is 6.43. The second-order valence-corrected chi connectivity index (χ2v) is 8.18. The number of carbonyl (C=O) groups excluding carboxylic acids is 2. The maximum atomic E-state index is 12.6. The van der Waals surface area contributed by atoms with Crippen molar-refractivity contribution in [3.63, 3.8) is 0 Å². The number of benzene rings is 2. The molecule has 0 aliphatic rings. The predicted molar refractivity (Wildman–Crippen MR) is 122 cm³/mol. The Hall–Kier alpha value is -3.50. The summed E-state index contributed by atoms with van der Waals surface area (Å²) in [7, 11) is 3.13. The van der Waals surface area contributed by atoms with Crippen LogP contribution in [0.4, 0.5) is 10.8 Å². The van der Waals surface area contributed by atoms with Crippen molar-refractivity contribution in [3.8, 4) is 11.5 Å². The molecule has 0 spiro atoms. The van der Waals surface area contributed by atoms with Gasteiger partial charge in [0.25, 0.3) is 5.91 Å². The fourth-order valence-electron chi connectivity index (χ4n) is 2.93. The average molecular weight is 455 g/mol. The summed E-state index contributed by atoms with van der Waals surface area (Å²) in [5.41, 5.74) is 4.05. The zero-order chi connectivity index (χ0) is 21.8. The molecule has 0 aliphatic heterocycles. The Morgan fingerprint density at radius 1 is 1.06 bits per heavy atom. The number of methoxy groups -OCH3 is 2. The molecule has 0 saturated carbocycles. The number of aromatic nitrogens is 2. The molecule has 4 aromatic rings. The van der Waals surface area contributed by atoms with Crippen LogP contribution in [0.15, 0.2) is 47.3 Å². The van der Waals surface area contributed by atoms with E-state index in [4.69, 9.17) is 9.47 Å². The van der Waals surface area contributed by atoms with Crippen molar-refractivity contribution in [2.75, 3.05) is 24.9 Å². The lowest BCUT2D eigenvalue weighted by molar-refractivity contribution is -0.115. The van der Waals surface area contributed by atoms with Crippen LogP contribution in [0.5, 0.6) is 11.5 Å². The van der Waals surface area contributed by atoms with Crippen LogP contribution >= 0.6 is 22.7 Å². The Morgan fingerprint density at radius 3 is 2.68 bits per heavy atom. The van der Waals surface area contributed by atoms with Gasteiger partial charge in [-0.25, -0.2) is 9.97 Å². The summed E-state index contributed by atoms with van der Waals surface area (Å²) in [4.78, 5) is 33.2. The Morgan fingerprint density at radius 2 is 1.94 bits per heavy atom. The van der Waals surface area contributed by atoms with Gasteiger partial charge < -0.3 is 20.1 Å². The molecule has 0 unspecified atom stereocenters. The molecule has 0 saturated heterocycles. The van der Waals surface area contributed by atoms with Crippen LogP contribution in [0.25, 0.3) is 10.2 Å². The number of nitrogens with zero attached hydrogens (tertiary/aromatic N) is 2. The maximum Gasteiger partial charge on any atom is 0.275 e. The molecule has 158 valence electrons. The van der Waals surface area contributed by atoms with Crippen LogP contribution in [0.2, 0.25) is 0 Å². The van der Waals surface area contributed by atoms with Gasteiger partial charge in [0.2, 0.25) is 5.91 Å². The van der Waals surface area contributed by atoms with E-state index in [0.717, 1.165) is 10.2 Å². The monoisotopic (exact) mass is 454 g/mol. The van der Waals surface area contributed by atoms with E-state index in [1.54, 1.807) is 55.4 Å². The topological polar surface area (TPSA) is 102 Å². The molecule has 0 aliphatic carbocycles. The van der Waals surface area contributed by atoms with E-state index in [2.05, 4.69) is 20.6 Å². The number of rotatable bonds is 7. The molecule has 0 radical (unpaired) electrons. The molecule has 8 nitrogen and oxygen atoms in total. The summed E-state index contributed by atoms with van der Waals surface area (Å²) in [5, 5.41) is 7.80. The summed E-state index contributed by atoms with van der Waals surface area (Å²) in [5.74, 6) is 0.769. The van der Waals surface area contributed by atoms with E-state index < -0.39 is 0 Å². The summed E-state index contributed by atoms with van der Waals surface area (Å²) in [6.07, 6.45) is 0.116. The molecule has 2 aromatic carbocycles. The van der Waals surface area contributed by atoms with Crippen molar-refractivity contribution in [2.45, 2.75) is 6.42 Å². The van der Waals surface area contributed by atoms with Crippen molar-refractivity contribution < 1.29 is 19.1 Å². The first-order valence-corrected chi connectivity index (χ1v) is 10.9. The zero-order valence-corrected chi connectivity index (χ0v) is 18.3. The highest BCUT2D eigenvalue weighted by molar-refractivity contribution is 7.22. The van der Waals surface area contributed by atoms with Gasteiger partial charge in [-0.15, -0.1) is 11.3 Å². The first-order valence-electron chi connectivity index (χ1n) is 9.16. The lowest BCUT2D eigenvalue weighted by Crippen LogP contribution is -2.14. The highest BCUT2D eigenvalue weighted by atomic mass is 32.1. The molecule has 31 heavy (non-hydrogen) atoms. The number of amides is 2. The number of ether oxygens (including phenoxy) is 2. The van der Waals surface area contributed by atoms with Gasteiger partial charge >= 0.3 is 0 Å². The van der Waals surface area contributed by atoms with E-state index in [1.165, 1.54) is 22.7 Å². The lowest BCUT2D eigenvalue weighted by Gasteiger charge is -2.10. The second kappa shape index (κ2) is 9.11. The number of hydrogen-bond acceptors (Lipinski definition) is 8. The molecule has 10 heteroatoms. The zero-order valence-electron chi connectivity index (χ0n) is 16.7. The number of thiazole rings is 2. The van der Waals surface area contributed by atoms with Crippen LogP contribution in [-0.4, -0.2) is 36.0 Å². The summed E-state index contributed by atoms with van der Waals surface area (Å²) in [6.45, 7) is 0. The molecule has 0 atom stereocenters. The van der Waals surface area contributed by atoms with Gasteiger partial charge in [0.1, 0.15) is 17.2 Å². The minimum absolute atomic E-state index is 0.116. The Balaban J connectivity index is 1.46. The third-order valence-corrected chi connectivity index (χ3v) is 5.92. The van der Waals surface area contributed by atoms with Crippen molar-refractivity contribution in [1.29, 1.82) is 0 Å². The van der Waals surface area contributed by atoms with Crippen LogP contribution in [0.3, 0.4) is 0 Å². The fraction of sp³-hybridized carbons (Fsp3) is 0.143. The third-order valence-electron chi connectivity index (χ3n) is 4.40. The molecule has 0 bridgehead atoms. The van der Waals surface area contributed by atoms with Crippen LogP contribution in [-0.2, 0) is 11.2 Å². The molecule has 4 rings (SSSR count). The van der Waals surface area contributed by atoms with E-state index in [1.807, 2.05) is 6.07 Å². The standard InChI is InChI=1S/C21H18N4O4S2/c1-28-14-4-6-17(29-2)12(7-14)8-19(26)25-21-24-15-5-3-13(9-18(15)31-21)23-20(27)16-10-30-11-22-16/h3-7,9-11H,8H2,1-2H3,(H,23,27)(H,24,25,26). The third kappa shape index (κ3) is 4.81. The molecule has 2 N–H and O–H groups in total. The van der Waals surface area contributed by atoms with Gasteiger partial charge in [-0.05, 0) is 36.4 Å². The Bertz CT molecular complexity index is 1240. The van der Waals surface area contributed by atoms with Crippen molar-refractivity contribution >= 4 is 55.5 Å². The van der Waals surface area contributed by atoms with Crippen molar-refractivity contribution in [2.24, 2.45) is 0 Å². The van der Waals surface area contributed by atoms with Crippen molar-refractivity contribution in [1.82, 2.24) is 9.97 Å². The lowest BCUT2D eigenvalue weighted by atomic mass is 10.1. The van der Waals surface area contributed by atoms with E-state index in [-0.39, 0.29) is 18.2 Å². The maximum absolute atomic E-state index is 12.6. The SMILES string of the molecule is COc1ccc(OC)c(CC(=O)Nc2nc3ccc(NC(=O)c4cscn4)cc3s2)c1. The van der Waals surface area contributed by atoms with Gasteiger partial charge in [-0.2, -0.15) is 0 Å². The number of anilines is 2. The smallest absolute Gasteiger partial charge is 0.275 e. The minimum atomic E-state index is -0.272. The molecular weight excluding hydrogens is 436 g/mol. The van der Waals surface area contributed by atoms with Crippen molar-refractivity contribution in [3.05, 3.63) is 58.5 Å². The van der Waals surface area contributed by atoms with Gasteiger partial charge in [0.05, 0.1) is 36.4 Å². The highest BCUT2D eigenvalue weighted by Crippen LogP contribution is 2.29. The predicted octanol–water partition coefficient (Wildman–Crippen LogP) is 4.20. The van der Waals surface area contributed by atoms with Gasteiger partial charge in [-0.3, -0.25) is 9.59 Å². The van der Waals surface area contributed by atoms with Crippen LogP contribution in [0.1, 0.15) is 16.1 Å². The number of hydrogen-bond donors (Lipinski definition) is 2. The Labute approximate surface area is 185 Å². The number of carbonyl (C=O) groups is 2. The van der Waals surface area contributed by atoms with E-state index in [0.29, 0.717) is 33.6 Å². The largest absolute Gasteiger partial charge is 0.497 e. The Kier molecular flexibility index (Phi) is 6.10. The molecule has 2 aromatic heterocycles. The molecule has 2 amide bonds. The summed E-state index contributed by atoms with van der Waals surface area (Å²) < 4.78 is 11.4. The first kappa shape index (κ1) is 20.8. The molecule has 0 fully saturated rings. The molecule has 2 heterocycles. The van der Waals surface area contributed by atoms with Crippen LogP contribution < -0.4 is 20.1 Å². The highest BCUT2D eigenvalue weighted by Gasteiger charge is 2.14. The molecular formula is C21H18N4O4S2. The van der Waals surface area contributed by atoms with E-state index >= 15 is 0 Å². The van der Waals surface area contributed by atoms with Gasteiger partial charge in [0, 0.05) is 16.6 Å². The van der Waals surface area contributed by atoms with Gasteiger partial charge in [-0.1, -0.05) is 11.3 Å². The van der Waals surface area contributed by atoms with Crippen LogP contribution in [0, 0.1) is 0 Å². The number of nitrogens with one attached hydrogen (secondary N) is 2. The van der Waals surface area contributed by atoms with E-state index in [9.17, 15) is 9.59 Å². The minimum Gasteiger partial charge on any atom is -0.497 e. The summed E-state index contributed by atoms with van der Waals surface area (Å²) in [6, 6.07) is 10.7. The first-order chi connectivity index (χ1) is 15.1.